The molecule has 0 bridgehead atoms. The molecule has 0 spiro atoms. The number of rotatable bonds is 8. The van der Waals surface area contributed by atoms with E-state index in [0.717, 1.165) is 12.3 Å². The van der Waals surface area contributed by atoms with Gasteiger partial charge in [-0.25, -0.2) is 0 Å². The highest BCUT2D eigenvalue weighted by Crippen LogP contribution is 2.33. The molecule has 0 heterocycles. The van der Waals surface area contributed by atoms with Crippen molar-refractivity contribution < 1.29 is 0 Å². The maximum absolute atomic E-state index is 3.53. The van der Waals surface area contributed by atoms with Gasteiger partial charge in [0.15, 0.2) is 0 Å². The molecule has 0 aromatic heterocycles. The largest absolute Gasteiger partial charge is 0.317 e. The summed E-state index contributed by atoms with van der Waals surface area (Å²) in [5, 5.41) is 3.53. The van der Waals surface area contributed by atoms with Crippen molar-refractivity contribution in [3.8, 4) is 0 Å². The van der Waals surface area contributed by atoms with E-state index < -0.39 is 0 Å². The summed E-state index contributed by atoms with van der Waals surface area (Å²) in [4.78, 5) is 0. The highest BCUT2D eigenvalue weighted by Gasteiger charge is 2.26. The van der Waals surface area contributed by atoms with E-state index in [1.165, 1.54) is 36.0 Å². The van der Waals surface area contributed by atoms with Gasteiger partial charge < -0.3 is 5.32 Å². The van der Waals surface area contributed by atoms with Gasteiger partial charge >= 0.3 is 0 Å². The highest BCUT2D eigenvalue weighted by molar-refractivity contribution is 5.30. The van der Waals surface area contributed by atoms with Gasteiger partial charge in [0, 0.05) is 17.9 Å². The van der Waals surface area contributed by atoms with E-state index in [1.54, 1.807) is 5.57 Å². The molecule has 1 N–H and O–H groups in total. The van der Waals surface area contributed by atoms with Crippen LogP contribution in [0.5, 0.6) is 0 Å². The molecule has 1 nitrogen and oxygen atoms in total. The molecular formula is C26H45N. The van der Waals surface area contributed by atoms with E-state index in [-0.39, 0.29) is 0 Å². The second-order valence-corrected chi connectivity index (χ2v) is 9.57. The fourth-order valence-corrected chi connectivity index (χ4v) is 4.22. The van der Waals surface area contributed by atoms with Crippen molar-refractivity contribution in [2.75, 3.05) is 7.05 Å². The average Bonchev–Trinajstić information content (AvgIpc) is 2.64. The first-order valence-electron chi connectivity index (χ1n) is 11.0. The normalized spacial score (nSPS) is 23.6. The minimum Gasteiger partial charge on any atom is -0.317 e. The fraction of sp³-hybridized carbons (Fsp3) is 0.692. The summed E-state index contributed by atoms with van der Waals surface area (Å²) in [6.07, 6.45) is 14.8. The standard InChI is InChI=1S/C26H45N/c1-18(2)14-23-12-10-11-13-25(17-24(16-23)15-19(3)4)26(22(8)27-9)21(7)20(5)6/h11,13,16-19,22,25-27H,10,12,14-15H2,1-9H3/b13-11-,23-16+,24-17?. The molecule has 0 saturated heterocycles. The van der Waals surface area contributed by atoms with Crippen LogP contribution < -0.4 is 5.32 Å². The molecule has 0 amide bonds. The first-order valence-corrected chi connectivity index (χ1v) is 11.0. The molecule has 0 fully saturated rings. The van der Waals surface area contributed by atoms with E-state index in [2.05, 4.69) is 92.1 Å². The number of hydrogen-bond acceptors (Lipinski definition) is 1. The number of hydrogen-bond donors (Lipinski definition) is 1. The molecule has 3 atom stereocenters. The summed E-state index contributed by atoms with van der Waals surface area (Å²) in [7, 11) is 2.09. The second-order valence-electron chi connectivity index (χ2n) is 9.57. The predicted molar refractivity (Wildman–Crippen MR) is 123 cm³/mol. The molecule has 1 heteroatoms. The Balaban J connectivity index is 3.40. The first kappa shape index (κ1) is 24.0. The zero-order chi connectivity index (χ0) is 20.6. The van der Waals surface area contributed by atoms with Crippen LogP contribution in [-0.4, -0.2) is 13.1 Å². The van der Waals surface area contributed by atoms with Gasteiger partial charge in [0.05, 0.1) is 0 Å². The van der Waals surface area contributed by atoms with Crippen molar-refractivity contribution in [2.24, 2.45) is 23.7 Å². The first-order chi connectivity index (χ1) is 12.6. The lowest BCUT2D eigenvalue weighted by molar-refractivity contribution is 0.393. The van der Waals surface area contributed by atoms with Crippen molar-refractivity contribution in [3.05, 3.63) is 46.6 Å². The molecule has 0 aromatic carbocycles. The second kappa shape index (κ2) is 11.7. The summed E-state index contributed by atoms with van der Waals surface area (Å²) in [6.45, 7) is 18.5. The Hall–Kier alpha value is -1.08. The van der Waals surface area contributed by atoms with Gasteiger partial charge in [-0.1, -0.05) is 74.3 Å². The third-order valence-electron chi connectivity index (χ3n) is 5.80. The topological polar surface area (TPSA) is 12.0 Å². The van der Waals surface area contributed by atoms with Crippen LogP contribution in [0.4, 0.5) is 0 Å². The van der Waals surface area contributed by atoms with Gasteiger partial charge in [-0.2, -0.15) is 0 Å². The Kier molecular flexibility index (Phi) is 10.4. The van der Waals surface area contributed by atoms with Crippen molar-refractivity contribution in [1.82, 2.24) is 5.32 Å². The molecule has 0 aromatic rings. The molecule has 27 heavy (non-hydrogen) atoms. The van der Waals surface area contributed by atoms with Gasteiger partial charge in [-0.15, -0.1) is 0 Å². The van der Waals surface area contributed by atoms with Crippen LogP contribution in [0.25, 0.3) is 0 Å². The lowest BCUT2D eigenvalue weighted by Gasteiger charge is -2.31. The monoisotopic (exact) mass is 371 g/mol. The average molecular weight is 372 g/mol. The Morgan fingerprint density at radius 3 is 2.19 bits per heavy atom. The van der Waals surface area contributed by atoms with Gasteiger partial charge in [0.2, 0.25) is 0 Å². The third-order valence-corrected chi connectivity index (χ3v) is 5.80. The zero-order valence-corrected chi connectivity index (χ0v) is 19.5. The lowest BCUT2D eigenvalue weighted by atomic mass is 9.78. The summed E-state index contributed by atoms with van der Waals surface area (Å²) in [5.74, 6) is 2.36. The van der Waals surface area contributed by atoms with Gasteiger partial charge in [-0.05, 0) is 72.3 Å². The van der Waals surface area contributed by atoms with Crippen LogP contribution in [0.1, 0.15) is 81.1 Å². The van der Waals surface area contributed by atoms with Gasteiger partial charge in [0.1, 0.15) is 0 Å². The van der Waals surface area contributed by atoms with Crippen molar-refractivity contribution in [1.29, 1.82) is 0 Å². The molecule has 1 aliphatic rings. The highest BCUT2D eigenvalue weighted by atomic mass is 14.9. The number of nitrogens with one attached hydrogen (secondary N) is 1. The van der Waals surface area contributed by atoms with Gasteiger partial charge in [0.25, 0.3) is 0 Å². The minimum absolute atomic E-state index is 0.450. The van der Waals surface area contributed by atoms with E-state index in [0.29, 0.717) is 23.8 Å². The molecule has 0 aliphatic heterocycles. The van der Waals surface area contributed by atoms with E-state index in [4.69, 9.17) is 0 Å². The molecule has 154 valence electrons. The van der Waals surface area contributed by atoms with E-state index in [9.17, 15) is 0 Å². The summed E-state index contributed by atoms with van der Waals surface area (Å²) < 4.78 is 0. The number of allylic oxidation sites excluding steroid dienone is 7. The molecule has 0 saturated carbocycles. The smallest absolute Gasteiger partial charge is 0.0110 e. The Bertz CT molecular complexity index is 567. The van der Waals surface area contributed by atoms with Crippen LogP contribution >= 0.6 is 0 Å². The quantitative estimate of drug-likeness (QED) is 0.436. The van der Waals surface area contributed by atoms with E-state index >= 15 is 0 Å². The van der Waals surface area contributed by atoms with Crippen LogP contribution in [0.15, 0.2) is 46.6 Å². The van der Waals surface area contributed by atoms with Crippen LogP contribution in [0.2, 0.25) is 0 Å². The Morgan fingerprint density at radius 1 is 1.04 bits per heavy atom. The summed E-state index contributed by atoms with van der Waals surface area (Å²) in [6, 6.07) is 0.450. The maximum atomic E-state index is 3.53. The summed E-state index contributed by atoms with van der Waals surface area (Å²) in [5.41, 5.74) is 6.13. The van der Waals surface area contributed by atoms with Crippen molar-refractivity contribution in [2.45, 2.75) is 87.1 Å². The van der Waals surface area contributed by atoms with Crippen LogP contribution in [-0.2, 0) is 0 Å². The zero-order valence-electron chi connectivity index (χ0n) is 19.5. The minimum atomic E-state index is 0.450. The maximum Gasteiger partial charge on any atom is 0.0110 e. The summed E-state index contributed by atoms with van der Waals surface area (Å²) >= 11 is 0. The third kappa shape index (κ3) is 8.21. The van der Waals surface area contributed by atoms with Crippen molar-refractivity contribution >= 4 is 0 Å². The van der Waals surface area contributed by atoms with Gasteiger partial charge in [-0.3, -0.25) is 0 Å². The Labute approximate surface area is 170 Å². The van der Waals surface area contributed by atoms with E-state index in [1.807, 2.05) is 0 Å². The molecular weight excluding hydrogens is 326 g/mol. The van der Waals surface area contributed by atoms with Crippen molar-refractivity contribution in [3.63, 3.8) is 0 Å². The van der Waals surface area contributed by atoms with Crippen LogP contribution in [0, 0.1) is 23.7 Å². The molecule has 1 aliphatic carbocycles. The lowest BCUT2D eigenvalue weighted by Crippen LogP contribution is -2.35. The predicted octanol–water partition coefficient (Wildman–Crippen LogP) is 7.48. The fourth-order valence-electron chi connectivity index (χ4n) is 4.22. The molecule has 3 unspecified atom stereocenters. The molecule has 0 radical (unpaired) electrons. The van der Waals surface area contributed by atoms with Crippen LogP contribution in [0.3, 0.4) is 0 Å². The Morgan fingerprint density at radius 2 is 1.67 bits per heavy atom. The SMILES string of the molecule is CNC(C)C(C(C)=C(C)C)C1C=C(CC(C)C)/C=C(/CC(C)C)CC/C=C\1. The molecule has 1 rings (SSSR count).